The van der Waals surface area contributed by atoms with Gasteiger partial charge in [-0.1, -0.05) is 29.8 Å². The fraction of sp³-hybridized carbons (Fsp3) is 0. The summed E-state index contributed by atoms with van der Waals surface area (Å²) in [6.07, 6.45) is 1.64. The predicted molar refractivity (Wildman–Crippen MR) is 60.3 cm³/mol. The summed E-state index contributed by atoms with van der Waals surface area (Å²) in [4.78, 5) is 0. The number of hydrogen-bond acceptors (Lipinski definition) is 4. The molecule has 0 saturated carbocycles. The number of halogens is 1. The van der Waals surface area contributed by atoms with E-state index in [1.807, 2.05) is 24.3 Å². The minimum absolute atomic E-state index is 0.507. The van der Waals surface area contributed by atoms with Gasteiger partial charge in [0, 0.05) is 16.1 Å². The molecule has 76 valence electrons. The smallest absolute Gasteiger partial charge is 0.163 e. The Morgan fingerprint density at radius 1 is 1.27 bits per heavy atom. The molecule has 5 heteroatoms. The number of nitrogens with two attached hydrogens (primary N) is 1. The van der Waals surface area contributed by atoms with Gasteiger partial charge >= 0.3 is 0 Å². The third kappa shape index (κ3) is 2.06. The first-order chi connectivity index (χ1) is 7.31. The zero-order valence-electron chi connectivity index (χ0n) is 7.81. The zero-order chi connectivity index (χ0) is 10.7. The topological polar surface area (TPSA) is 63.8 Å². The zero-order valence-corrected chi connectivity index (χ0v) is 8.57. The molecule has 2 rings (SSSR count). The Bertz CT molecular complexity index is 472. The Balaban J connectivity index is 2.49. The molecule has 0 bridgehead atoms. The molecule has 1 aromatic heterocycles. The first-order valence-electron chi connectivity index (χ1n) is 4.35. The van der Waals surface area contributed by atoms with Crippen LogP contribution < -0.4 is 11.3 Å². The maximum atomic E-state index is 6.05. The Labute approximate surface area is 92.1 Å². The number of nitrogens with zero attached hydrogens (tertiary/aromatic N) is 2. The first-order valence-corrected chi connectivity index (χ1v) is 4.73. The lowest BCUT2D eigenvalue weighted by Crippen LogP contribution is -2.09. The van der Waals surface area contributed by atoms with E-state index >= 15 is 0 Å². The highest BCUT2D eigenvalue weighted by Gasteiger charge is 2.03. The average Bonchev–Trinajstić information content (AvgIpc) is 2.30. The molecule has 0 saturated heterocycles. The van der Waals surface area contributed by atoms with Crippen LogP contribution in [0, 0.1) is 0 Å². The summed E-state index contributed by atoms with van der Waals surface area (Å²) < 4.78 is 0. The molecule has 0 aliphatic rings. The van der Waals surface area contributed by atoms with Gasteiger partial charge in [0.25, 0.3) is 0 Å². The minimum atomic E-state index is 0.507. The minimum Gasteiger partial charge on any atom is -0.307 e. The fourth-order valence-corrected chi connectivity index (χ4v) is 1.52. The van der Waals surface area contributed by atoms with E-state index in [1.54, 1.807) is 12.3 Å². The quantitative estimate of drug-likeness (QED) is 0.601. The van der Waals surface area contributed by atoms with E-state index in [9.17, 15) is 0 Å². The van der Waals surface area contributed by atoms with Gasteiger partial charge in [0.2, 0.25) is 0 Å². The summed E-state index contributed by atoms with van der Waals surface area (Å²) in [6, 6.07) is 9.32. The van der Waals surface area contributed by atoms with E-state index in [0.717, 1.165) is 11.1 Å². The molecule has 0 aliphatic heterocycles. The average molecular weight is 221 g/mol. The number of nitrogens with one attached hydrogen (secondary N) is 1. The SMILES string of the molecule is NNc1cc(-c2ccccc2Cl)cnn1. The molecule has 0 aliphatic carbocycles. The van der Waals surface area contributed by atoms with Crippen LogP contribution in [-0.2, 0) is 0 Å². The van der Waals surface area contributed by atoms with E-state index in [2.05, 4.69) is 15.6 Å². The standard InChI is InChI=1S/C10H9ClN4/c11-9-4-2-1-3-8(9)7-5-10(14-12)15-13-6-7/h1-6H,12H2,(H,14,15). The van der Waals surface area contributed by atoms with Crippen molar-refractivity contribution in [1.29, 1.82) is 0 Å². The molecule has 15 heavy (non-hydrogen) atoms. The molecule has 0 atom stereocenters. The summed E-state index contributed by atoms with van der Waals surface area (Å²) in [5, 5.41) is 8.28. The fourth-order valence-electron chi connectivity index (χ4n) is 1.28. The Morgan fingerprint density at radius 3 is 2.80 bits per heavy atom. The van der Waals surface area contributed by atoms with Crippen molar-refractivity contribution < 1.29 is 0 Å². The third-order valence-corrected chi connectivity index (χ3v) is 2.32. The molecule has 0 radical (unpaired) electrons. The lowest BCUT2D eigenvalue weighted by atomic mass is 10.1. The summed E-state index contributed by atoms with van der Waals surface area (Å²) in [5.74, 6) is 5.76. The number of benzene rings is 1. The number of rotatable bonds is 2. The second-order valence-corrected chi connectivity index (χ2v) is 3.36. The lowest BCUT2D eigenvalue weighted by Gasteiger charge is -2.04. The van der Waals surface area contributed by atoms with Crippen molar-refractivity contribution in [3.8, 4) is 11.1 Å². The molecule has 0 fully saturated rings. The summed E-state index contributed by atoms with van der Waals surface area (Å²) >= 11 is 6.05. The second kappa shape index (κ2) is 4.25. The number of hydrazine groups is 1. The van der Waals surface area contributed by atoms with Gasteiger partial charge in [-0.25, -0.2) is 5.84 Å². The molecular formula is C10H9ClN4. The Morgan fingerprint density at radius 2 is 2.07 bits per heavy atom. The van der Waals surface area contributed by atoms with Crippen molar-refractivity contribution in [3.05, 3.63) is 41.6 Å². The van der Waals surface area contributed by atoms with Crippen molar-refractivity contribution in [1.82, 2.24) is 10.2 Å². The number of nitrogen functional groups attached to an aromatic ring is 1. The van der Waals surface area contributed by atoms with Crippen LogP contribution in [0.5, 0.6) is 0 Å². The van der Waals surface area contributed by atoms with Gasteiger partial charge in [0.15, 0.2) is 5.82 Å². The van der Waals surface area contributed by atoms with Gasteiger partial charge in [0.05, 0.1) is 6.20 Å². The Kier molecular flexibility index (Phi) is 2.80. The van der Waals surface area contributed by atoms with Crippen molar-refractivity contribution in [2.45, 2.75) is 0 Å². The van der Waals surface area contributed by atoms with Gasteiger partial charge in [-0.15, -0.1) is 5.10 Å². The van der Waals surface area contributed by atoms with Gasteiger partial charge in [-0.2, -0.15) is 5.10 Å². The second-order valence-electron chi connectivity index (χ2n) is 2.95. The molecule has 1 heterocycles. The van der Waals surface area contributed by atoms with Gasteiger partial charge in [-0.05, 0) is 12.1 Å². The number of hydrogen-bond donors (Lipinski definition) is 2. The highest BCUT2D eigenvalue weighted by Crippen LogP contribution is 2.27. The van der Waals surface area contributed by atoms with Crippen molar-refractivity contribution >= 4 is 17.4 Å². The van der Waals surface area contributed by atoms with Crippen LogP contribution in [0.3, 0.4) is 0 Å². The maximum absolute atomic E-state index is 6.05. The van der Waals surface area contributed by atoms with E-state index < -0.39 is 0 Å². The lowest BCUT2D eigenvalue weighted by molar-refractivity contribution is 1.02. The van der Waals surface area contributed by atoms with Crippen LogP contribution in [0.25, 0.3) is 11.1 Å². The largest absolute Gasteiger partial charge is 0.307 e. The maximum Gasteiger partial charge on any atom is 0.163 e. The van der Waals surface area contributed by atoms with E-state index in [4.69, 9.17) is 17.4 Å². The van der Waals surface area contributed by atoms with E-state index in [-0.39, 0.29) is 0 Å². The number of anilines is 1. The molecule has 1 aromatic carbocycles. The van der Waals surface area contributed by atoms with Crippen LogP contribution in [0.1, 0.15) is 0 Å². The van der Waals surface area contributed by atoms with Crippen LogP contribution in [0.2, 0.25) is 5.02 Å². The predicted octanol–water partition coefficient (Wildman–Crippen LogP) is 2.08. The summed E-state index contributed by atoms with van der Waals surface area (Å²) in [7, 11) is 0. The van der Waals surface area contributed by atoms with E-state index in [0.29, 0.717) is 10.8 Å². The van der Waals surface area contributed by atoms with Gasteiger partial charge in [0.1, 0.15) is 0 Å². The van der Waals surface area contributed by atoms with Crippen LogP contribution >= 0.6 is 11.6 Å². The molecule has 3 N–H and O–H groups in total. The van der Waals surface area contributed by atoms with Crippen molar-refractivity contribution in [2.24, 2.45) is 5.84 Å². The monoisotopic (exact) mass is 220 g/mol. The van der Waals surface area contributed by atoms with Crippen LogP contribution in [-0.4, -0.2) is 10.2 Å². The van der Waals surface area contributed by atoms with Gasteiger partial charge in [-0.3, -0.25) is 0 Å². The molecule has 2 aromatic rings. The molecule has 0 spiro atoms. The summed E-state index contributed by atoms with van der Waals surface area (Å²) in [5.41, 5.74) is 4.23. The van der Waals surface area contributed by atoms with Gasteiger partial charge < -0.3 is 5.43 Å². The van der Waals surface area contributed by atoms with Crippen LogP contribution in [0.4, 0.5) is 5.82 Å². The molecule has 4 nitrogen and oxygen atoms in total. The summed E-state index contributed by atoms with van der Waals surface area (Å²) in [6.45, 7) is 0. The van der Waals surface area contributed by atoms with Crippen LogP contribution in [0.15, 0.2) is 36.5 Å². The molecule has 0 unspecified atom stereocenters. The normalized spacial score (nSPS) is 10.0. The van der Waals surface area contributed by atoms with E-state index in [1.165, 1.54) is 0 Å². The highest BCUT2D eigenvalue weighted by atomic mass is 35.5. The highest BCUT2D eigenvalue weighted by molar-refractivity contribution is 6.33. The molecule has 0 amide bonds. The number of aromatic nitrogens is 2. The molecular weight excluding hydrogens is 212 g/mol. The van der Waals surface area contributed by atoms with Crippen molar-refractivity contribution in [2.75, 3.05) is 5.43 Å². The Hall–Kier alpha value is -1.65. The first kappa shape index (κ1) is 9.89. The van der Waals surface area contributed by atoms with Crippen molar-refractivity contribution in [3.63, 3.8) is 0 Å². The third-order valence-electron chi connectivity index (χ3n) is 1.99.